The SMILES string of the molecule is Cc1cc(C(C)(C)C)cc(C(C)(C)C)c1OC(=O)c1ccc(O)c(C(C)(C)C)c1C(C)(C)C. The number of phenols is 1. The lowest BCUT2D eigenvalue weighted by Crippen LogP contribution is -2.27. The van der Waals surface area contributed by atoms with Crippen molar-refractivity contribution in [2.45, 2.75) is 112 Å². The highest BCUT2D eigenvalue weighted by atomic mass is 16.5. The van der Waals surface area contributed by atoms with E-state index in [1.165, 1.54) is 5.56 Å². The minimum absolute atomic E-state index is 0.00866. The van der Waals surface area contributed by atoms with Crippen molar-refractivity contribution in [1.29, 1.82) is 0 Å². The highest BCUT2D eigenvalue weighted by Gasteiger charge is 2.34. The molecule has 2 rings (SSSR count). The largest absolute Gasteiger partial charge is 0.508 e. The summed E-state index contributed by atoms with van der Waals surface area (Å²) >= 11 is 0. The Kier molecular flexibility index (Phi) is 6.93. The average molecular weight is 453 g/mol. The standard InChI is InChI=1S/C30H44O3/c1-18-16-19(27(2,3)4)17-21(28(5,6)7)25(18)33-26(32)20-14-15-22(31)24(30(11,12)13)23(20)29(8,9)10/h14-17,31H,1-13H3. The predicted octanol–water partition coefficient (Wildman–Crippen LogP) is 8.11. The van der Waals surface area contributed by atoms with Crippen molar-refractivity contribution in [3.8, 4) is 11.5 Å². The smallest absolute Gasteiger partial charge is 0.343 e. The Morgan fingerprint density at radius 2 is 1.24 bits per heavy atom. The molecule has 0 unspecified atom stereocenters. The van der Waals surface area contributed by atoms with Crippen LogP contribution in [0.1, 0.15) is 121 Å². The molecule has 0 amide bonds. The Balaban J connectivity index is 2.74. The molecule has 0 spiro atoms. The molecule has 1 N–H and O–H groups in total. The van der Waals surface area contributed by atoms with Crippen LogP contribution in [0.15, 0.2) is 24.3 Å². The van der Waals surface area contributed by atoms with Gasteiger partial charge in [-0.2, -0.15) is 0 Å². The first-order valence-electron chi connectivity index (χ1n) is 11.9. The van der Waals surface area contributed by atoms with Gasteiger partial charge in [-0.3, -0.25) is 0 Å². The molecule has 0 aliphatic heterocycles. The van der Waals surface area contributed by atoms with Gasteiger partial charge in [0.05, 0.1) is 5.56 Å². The third kappa shape index (κ3) is 5.80. The summed E-state index contributed by atoms with van der Waals surface area (Å²) in [6.07, 6.45) is 0. The minimum Gasteiger partial charge on any atom is -0.508 e. The van der Waals surface area contributed by atoms with Gasteiger partial charge in [-0.1, -0.05) is 95.2 Å². The fourth-order valence-electron chi connectivity index (χ4n) is 4.35. The number of aryl methyl sites for hydroxylation is 1. The first kappa shape index (κ1) is 27.0. The first-order valence-corrected chi connectivity index (χ1v) is 11.9. The van der Waals surface area contributed by atoms with Gasteiger partial charge in [0.1, 0.15) is 11.5 Å². The number of carbonyl (C=O) groups excluding carboxylic acids is 1. The van der Waals surface area contributed by atoms with Gasteiger partial charge in [0.15, 0.2) is 0 Å². The zero-order chi connectivity index (χ0) is 25.7. The minimum atomic E-state index is -0.387. The van der Waals surface area contributed by atoms with Gasteiger partial charge in [-0.05, 0) is 57.4 Å². The lowest BCUT2D eigenvalue weighted by Gasteiger charge is -2.33. The Morgan fingerprint density at radius 3 is 1.67 bits per heavy atom. The van der Waals surface area contributed by atoms with Crippen LogP contribution in [0.25, 0.3) is 0 Å². The number of ether oxygens (including phenoxy) is 1. The fraction of sp³-hybridized carbons (Fsp3) is 0.567. The summed E-state index contributed by atoms with van der Waals surface area (Å²) in [5.41, 5.74) is 4.44. The van der Waals surface area contributed by atoms with Gasteiger partial charge >= 0.3 is 5.97 Å². The number of esters is 1. The van der Waals surface area contributed by atoms with Gasteiger partial charge in [-0.25, -0.2) is 4.79 Å². The molecule has 0 saturated carbocycles. The summed E-state index contributed by atoms with van der Waals surface area (Å²) in [5.74, 6) is 0.457. The van der Waals surface area contributed by atoms with E-state index in [9.17, 15) is 9.90 Å². The van der Waals surface area contributed by atoms with Gasteiger partial charge in [-0.15, -0.1) is 0 Å². The van der Waals surface area contributed by atoms with E-state index < -0.39 is 0 Å². The van der Waals surface area contributed by atoms with Crippen molar-refractivity contribution in [3.63, 3.8) is 0 Å². The second kappa shape index (κ2) is 8.49. The van der Waals surface area contributed by atoms with Crippen LogP contribution >= 0.6 is 0 Å². The normalized spacial score (nSPS) is 13.2. The Hall–Kier alpha value is -2.29. The van der Waals surface area contributed by atoms with E-state index in [1.54, 1.807) is 12.1 Å². The van der Waals surface area contributed by atoms with E-state index >= 15 is 0 Å². The molecule has 0 aromatic heterocycles. The van der Waals surface area contributed by atoms with E-state index in [0.717, 1.165) is 22.3 Å². The monoisotopic (exact) mass is 452 g/mol. The summed E-state index contributed by atoms with van der Waals surface area (Å²) in [7, 11) is 0. The number of aromatic hydroxyl groups is 1. The van der Waals surface area contributed by atoms with Crippen molar-refractivity contribution in [2.24, 2.45) is 0 Å². The van der Waals surface area contributed by atoms with Crippen LogP contribution in [-0.2, 0) is 21.7 Å². The molecule has 2 aromatic carbocycles. The molecule has 0 bridgehead atoms. The third-order valence-corrected chi connectivity index (χ3v) is 6.05. The molecule has 0 heterocycles. The van der Waals surface area contributed by atoms with Crippen LogP contribution in [0.4, 0.5) is 0 Å². The van der Waals surface area contributed by atoms with Gasteiger partial charge in [0.25, 0.3) is 0 Å². The highest BCUT2D eigenvalue weighted by molar-refractivity contribution is 5.94. The quantitative estimate of drug-likeness (QED) is 0.370. The van der Waals surface area contributed by atoms with Gasteiger partial charge in [0.2, 0.25) is 0 Å². The van der Waals surface area contributed by atoms with Crippen LogP contribution < -0.4 is 4.74 Å². The van der Waals surface area contributed by atoms with Crippen molar-refractivity contribution in [2.75, 3.05) is 0 Å². The van der Waals surface area contributed by atoms with E-state index in [4.69, 9.17) is 4.74 Å². The molecule has 0 fully saturated rings. The molecule has 3 nitrogen and oxygen atoms in total. The number of phenolic OH excluding ortho intramolecular Hbond substituents is 1. The number of hydrogen-bond acceptors (Lipinski definition) is 3. The molecule has 3 heteroatoms. The molecule has 0 saturated heterocycles. The predicted molar refractivity (Wildman–Crippen MR) is 139 cm³/mol. The second-order valence-corrected chi connectivity index (χ2v) is 13.4. The number of benzene rings is 2. The topological polar surface area (TPSA) is 46.5 Å². The molecule has 0 atom stereocenters. The maximum absolute atomic E-state index is 13.7. The zero-order valence-electron chi connectivity index (χ0n) is 23.1. The number of carbonyl (C=O) groups is 1. The van der Waals surface area contributed by atoms with Crippen LogP contribution in [-0.4, -0.2) is 11.1 Å². The summed E-state index contributed by atoms with van der Waals surface area (Å²) in [6, 6.07) is 7.62. The van der Waals surface area contributed by atoms with E-state index in [0.29, 0.717) is 11.3 Å². The first-order chi connectivity index (χ1) is 14.7. The molecule has 2 aromatic rings. The van der Waals surface area contributed by atoms with E-state index in [1.807, 2.05) is 6.92 Å². The number of hydrogen-bond donors (Lipinski definition) is 1. The molecule has 0 radical (unpaired) electrons. The van der Waals surface area contributed by atoms with E-state index in [2.05, 4.69) is 95.2 Å². The Labute approximate surface area is 201 Å². The number of rotatable bonds is 2. The maximum Gasteiger partial charge on any atom is 0.343 e. The van der Waals surface area contributed by atoms with Crippen LogP contribution in [0.2, 0.25) is 0 Å². The Bertz CT molecular complexity index is 1050. The van der Waals surface area contributed by atoms with Crippen molar-refractivity contribution in [3.05, 3.63) is 57.6 Å². The fourth-order valence-corrected chi connectivity index (χ4v) is 4.35. The summed E-state index contributed by atoms with van der Waals surface area (Å²) < 4.78 is 6.18. The van der Waals surface area contributed by atoms with Crippen molar-refractivity contribution < 1.29 is 14.6 Å². The lowest BCUT2D eigenvalue weighted by molar-refractivity contribution is 0.0727. The van der Waals surface area contributed by atoms with E-state index in [-0.39, 0.29) is 33.4 Å². The molecule has 182 valence electrons. The van der Waals surface area contributed by atoms with Crippen LogP contribution in [0.3, 0.4) is 0 Å². The molecule has 0 aliphatic rings. The molecular weight excluding hydrogens is 408 g/mol. The van der Waals surface area contributed by atoms with Crippen LogP contribution in [0.5, 0.6) is 11.5 Å². The molecule has 0 aliphatic carbocycles. The van der Waals surface area contributed by atoms with Crippen molar-refractivity contribution in [1.82, 2.24) is 0 Å². The lowest BCUT2D eigenvalue weighted by atomic mass is 9.72. The summed E-state index contributed by atoms with van der Waals surface area (Å²) in [5, 5.41) is 10.7. The summed E-state index contributed by atoms with van der Waals surface area (Å²) in [6.45, 7) is 27.4. The average Bonchev–Trinajstić information content (AvgIpc) is 2.59. The molecular formula is C30H44O3. The van der Waals surface area contributed by atoms with Crippen LogP contribution in [0, 0.1) is 6.92 Å². The summed E-state index contributed by atoms with van der Waals surface area (Å²) in [4.78, 5) is 13.7. The second-order valence-electron chi connectivity index (χ2n) is 13.4. The molecule has 33 heavy (non-hydrogen) atoms. The van der Waals surface area contributed by atoms with Gasteiger partial charge < -0.3 is 9.84 Å². The maximum atomic E-state index is 13.7. The highest BCUT2D eigenvalue weighted by Crippen LogP contribution is 2.43. The third-order valence-electron chi connectivity index (χ3n) is 6.05. The Morgan fingerprint density at radius 1 is 0.727 bits per heavy atom. The van der Waals surface area contributed by atoms with Crippen molar-refractivity contribution >= 4 is 5.97 Å². The van der Waals surface area contributed by atoms with Gasteiger partial charge in [0, 0.05) is 11.1 Å². The zero-order valence-corrected chi connectivity index (χ0v) is 23.1.